The summed E-state index contributed by atoms with van der Waals surface area (Å²) in [7, 11) is 0. The van der Waals surface area contributed by atoms with E-state index in [0.717, 1.165) is 0 Å². The molecule has 1 aliphatic rings. The van der Waals surface area contributed by atoms with Gasteiger partial charge in [0.25, 0.3) is 0 Å². The fraction of sp³-hybridized carbons (Fsp3) is 0.600. The summed E-state index contributed by atoms with van der Waals surface area (Å²) >= 11 is 0. The van der Waals surface area contributed by atoms with E-state index < -0.39 is 0 Å². The molecule has 0 bridgehead atoms. The average Bonchev–Trinajstić information content (AvgIpc) is 2.45. The highest BCUT2D eigenvalue weighted by molar-refractivity contribution is 4.82. The Morgan fingerprint density at radius 3 is 1.40 bits per heavy atom. The number of hydrogen-bond donors (Lipinski definition) is 0. The molecule has 0 aliphatic heterocycles. The molecule has 0 amide bonds. The minimum atomic E-state index is 1.17. The fourth-order valence-corrected chi connectivity index (χ4v) is 2.04. The summed E-state index contributed by atoms with van der Waals surface area (Å²) in [4.78, 5) is 0. The maximum Gasteiger partial charge on any atom is -0.0351 e. The summed E-state index contributed by atoms with van der Waals surface area (Å²) in [5, 5.41) is 0. The van der Waals surface area contributed by atoms with Gasteiger partial charge in [0.15, 0.2) is 0 Å². The third kappa shape index (κ3) is 22.2. The van der Waals surface area contributed by atoms with Crippen LogP contribution in [-0.2, 0) is 0 Å². The van der Waals surface area contributed by atoms with Crippen molar-refractivity contribution in [3.05, 3.63) is 50.6 Å². The average molecular weight is 277 g/mol. The maximum absolute atomic E-state index is 3.68. The number of hydrogen-bond acceptors (Lipinski definition) is 0. The molecule has 1 aliphatic carbocycles. The van der Waals surface area contributed by atoms with Crippen molar-refractivity contribution in [1.82, 2.24) is 0 Å². The van der Waals surface area contributed by atoms with Gasteiger partial charge in [0, 0.05) is 0 Å². The molecule has 0 aromatic heterocycles. The van der Waals surface area contributed by atoms with Crippen molar-refractivity contribution in [2.75, 3.05) is 0 Å². The predicted octanol–water partition coefficient (Wildman–Crippen LogP) is 7.40. The van der Waals surface area contributed by atoms with Crippen LogP contribution in [0, 0.1) is 0 Å². The Hall–Kier alpha value is -1.04. The zero-order valence-corrected chi connectivity index (χ0v) is 13.6. The van der Waals surface area contributed by atoms with Crippen LogP contribution in [0.4, 0.5) is 0 Å². The minimum Gasteiger partial charge on any atom is -0.106 e. The summed E-state index contributed by atoms with van der Waals surface area (Å²) in [6.07, 6.45) is 24.6. The lowest BCUT2D eigenvalue weighted by atomic mass is 10.1. The van der Waals surface area contributed by atoms with Gasteiger partial charge in [-0.25, -0.2) is 0 Å². The first-order valence-corrected chi connectivity index (χ1v) is 8.28. The van der Waals surface area contributed by atoms with Gasteiger partial charge in [-0.2, -0.15) is 0 Å². The zero-order chi connectivity index (χ0) is 15.3. The first kappa shape index (κ1) is 21.3. The monoisotopic (exact) mass is 276 g/mol. The van der Waals surface area contributed by atoms with Crippen LogP contribution in [0.1, 0.15) is 77.0 Å². The van der Waals surface area contributed by atoms with Crippen molar-refractivity contribution >= 4 is 0 Å². The van der Waals surface area contributed by atoms with E-state index >= 15 is 0 Å². The molecule has 0 atom stereocenters. The lowest BCUT2D eigenvalue weighted by Gasteiger charge is -2.00. The van der Waals surface area contributed by atoms with Crippen LogP contribution in [0.25, 0.3) is 0 Å². The van der Waals surface area contributed by atoms with Crippen LogP contribution in [-0.4, -0.2) is 0 Å². The van der Waals surface area contributed by atoms with Crippen molar-refractivity contribution in [1.29, 1.82) is 0 Å². The number of allylic oxidation sites excluding steroid dienone is 4. The van der Waals surface area contributed by atoms with Gasteiger partial charge in [-0.1, -0.05) is 50.0 Å². The molecule has 0 fully saturated rings. The molecule has 20 heavy (non-hydrogen) atoms. The SMILES string of the molecule is C1=CCCCCCC1.C=C.C=CCCCCCCC=C. The molecule has 0 spiro atoms. The zero-order valence-electron chi connectivity index (χ0n) is 13.6. The largest absolute Gasteiger partial charge is 0.106 e. The van der Waals surface area contributed by atoms with Gasteiger partial charge >= 0.3 is 0 Å². The smallest absolute Gasteiger partial charge is 0.0351 e. The lowest BCUT2D eigenvalue weighted by Crippen LogP contribution is -1.80. The topological polar surface area (TPSA) is 0 Å². The molecular weight excluding hydrogens is 240 g/mol. The summed E-state index contributed by atoms with van der Waals surface area (Å²) in [6.45, 7) is 13.4. The molecule has 116 valence electrons. The van der Waals surface area contributed by atoms with E-state index in [4.69, 9.17) is 0 Å². The van der Waals surface area contributed by atoms with Crippen molar-refractivity contribution in [2.24, 2.45) is 0 Å². The Balaban J connectivity index is 0. The van der Waals surface area contributed by atoms with Gasteiger partial charge in [0.05, 0.1) is 0 Å². The van der Waals surface area contributed by atoms with E-state index in [1.807, 2.05) is 12.2 Å². The molecule has 0 saturated heterocycles. The maximum atomic E-state index is 3.68. The standard InChI is InChI=1S/C10H18.C8H14.C2H4/c1-3-5-7-9-10-8-6-4-2;1-2-4-6-8-7-5-3-1;1-2/h3-4H,1-2,5-10H2;1-2H,3-8H2;1-2H2. The van der Waals surface area contributed by atoms with E-state index in [2.05, 4.69) is 38.5 Å². The van der Waals surface area contributed by atoms with Gasteiger partial charge in [0.1, 0.15) is 0 Å². The molecule has 0 aromatic carbocycles. The van der Waals surface area contributed by atoms with Crippen LogP contribution < -0.4 is 0 Å². The third-order valence-corrected chi connectivity index (χ3v) is 3.22. The normalized spacial score (nSPS) is 13.6. The molecule has 0 nitrogen and oxygen atoms in total. The lowest BCUT2D eigenvalue weighted by molar-refractivity contribution is 0.638. The Labute approximate surface area is 128 Å². The van der Waals surface area contributed by atoms with E-state index in [0.29, 0.717) is 0 Å². The van der Waals surface area contributed by atoms with Gasteiger partial charge in [-0.05, 0) is 51.4 Å². The van der Waals surface area contributed by atoms with Crippen molar-refractivity contribution in [3.63, 3.8) is 0 Å². The first-order chi connectivity index (χ1) is 9.91. The highest BCUT2D eigenvalue weighted by atomic mass is 14.0. The number of rotatable bonds is 7. The third-order valence-electron chi connectivity index (χ3n) is 3.22. The van der Waals surface area contributed by atoms with E-state index in [1.165, 1.54) is 77.0 Å². The molecule has 0 unspecified atom stereocenters. The Kier molecular flexibility index (Phi) is 24.5. The van der Waals surface area contributed by atoms with Crippen LogP contribution in [0.15, 0.2) is 50.6 Å². The summed E-state index contributed by atoms with van der Waals surface area (Å²) < 4.78 is 0. The van der Waals surface area contributed by atoms with E-state index in [1.54, 1.807) is 0 Å². The molecule has 0 aromatic rings. The quantitative estimate of drug-likeness (QED) is 0.336. The summed E-state index contributed by atoms with van der Waals surface area (Å²) in [5.41, 5.74) is 0. The molecular formula is C20H36. The van der Waals surface area contributed by atoms with Crippen LogP contribution >= 0.6 is 0 Å². The summed E-state index contributed by atoms with van der Waals surface area (Å²) in [6, 6.07) is 0. The Morgan fingerprint density at radius 1 is 0.650 bits per heavy atom. The molecule has 0 heteroatoms. The van der Waals surface area contributed by atoms with Gasteiger partial charge in [-0.15, -0.1) is 26.3 Å². The first-order valence-electron chi connectivity index (χ1n) is 8.28. The fourth-order valence-electron chi connectivity index (χ4n) is 2.04. The van der Waals surface area contributed by atoms with Gasteiger partial charge in [0.2, 0.25) is 0 Å². The molecule has 0 N–H and O–H groups in total. The molecule has 0 radical (unpaired) electrons. The van der Waals surface area contributed by atoms with Gasteiger partial charge < -0.3 is 0 Å². The van der Waals surface area contributed by atoms with E-state index in [-0.39, 0.29) is 0 Å². The second kappa shape index (κ2) is 23.1. The minimum absolute atomic E-state index is 1.17. The second-order valence-corrected chi connectivity index (χ2v) is 5.03. The van der Waals surface area contributed by atoms with E-state index in [9.17, 15) is 0 Å². The molecule has 0 heterocycles. The highest BCUT2D eigenvalue weighted by Gasteiger charge is 1.90. The van der Waals surface area contributed by atoms with Gasteiger partial charge in [-0.3, -0.25) is 0 Å². The van der Waals surface area contributed by atoms with Crippen LogP contribution in [0.2, 0.25) is 0 Å². The van der Waals surface area contributed by atoms with Crippen molar-refractivity contribution in [3.8, 4) is 0 Å². The number of unbranched alkanes of at least 4 members (excludes halogenated alkanes) is 5. The van der Waals surface area contributed by atoms with Crippen LogP contribution in [0.5, 0.6) is 0 Å². The molecule has 0 saturated carbocycles. The van der Waals surface area contributed by atoms with Crippen LogP contribution in [0.3, 0.4) is 0 Å². The molecule has 1 rings (SSSR count). The van der Waals surface area contributed by atoms with Crippen molar-refractivity contribution < 1.29 is 0 Å². The predicted molar refractivity (Wildman–Crippen MR) is 96.2 cm³/mol. The Bertz CT molecular complexity index is 190. The summed E-state index contributed by atoms with van der Waals surface area (Å²) in [5.74, 6) is 0. The Morgan fingerprint density at radius 2 is 1.05 bits per heavy atom. The highest BCUT2D eigenvalue weighted by Crippen LogP contribution is 2.09. The second-order valence-electron chi connectivity index (χ2n) is 5.03. The van der Waals surface area contributed by atoms with Crippen molar-refractivity contribution in [2.45, 2.75) is 77.0 Å².